The number of phenolic OH excluding ortho intramolecular Hbond substituents is 1. The van der Waals surface area contributed by atoms with Crippen LogP contribution in [0, 0.1) is 13.8 Å². The number of hydrogen-bond donors (Lipinski definition) is 1. The molecule has 0 aliphatic carbocycles. The van der Waals surface area contributed by atoms with E-state index in [9.17, 15) is 14.7 Å². The zero-order chi connectivity index (χ0) is 24.0. The van der Waals surface area contributed by atoms with Crippen LogP contribution in [0.5, 0.6) is 11.5 Å². The Kier molecular flexibility index (Phi) is 5.32. The van der Waals surface area contributed by atoms with E-state index < -0.39 is 6.04 Å². The third kappa shape index (κ3) is 3.50. The number of carbonyl (C=O) groups excluding carboxylic acids is 1. The van der Waals surface area contributed by atoms with Crippen molar-refractivity contribution in [2.75, 3.05) is 6.61 Å². The molecule has 0 spiro atoms. The molecule has 1 unspecified atom stereocenters. The summed E-state index contributed by atoms with van der Waals surface area (Å²) in [5, 5.41) is 10.7. The molecule has 0 bridgehead atoms. The first-order valence-electron chi connectivity index (χ1n) is 11.1. The molecule has 2 aromatic heterocycles. The molecule has 4 aromatic rings. The van der Waals surface area contributed by atoms with Crippen LogP contribution in [0.4, 0.5) is 0 Å². The molecule has 0 saturated heterocycles. The number of aromatic nitrogens is 1. The van der Waals surface area contributed by atoms with Crippen molar-refractivity contribution in [2.45, 2.75) is 33.4 Å². The minimum absolute atomic E-state index is 0.00856. The molecule has 34 heavy (non-hydrogen) atoms. The van der Waals surface area contributed by atoms with E-state index in [0.717, 1.165) is 16.7 Å². The number of phenols is 1. The van der Waals surface area contributed by atoms with Crippen molar-refractivity contribution >= 4 is 16.9 Å². The van der Waals surface area contributed by atoms with Crippen molar-refractivity contribution in [1.29, 1.82) is 0 Å². The van der Waals surface area contributed by atoms with Gasteiger partial charge in [-0.25, -0.2) is 0 Å². The maximum absolute atomic E-state index is 13.8. The van der Waals surface area contributed by atoms with Crippen LogP contribution in [0.25, 0.3) is 11.0 Å². The predicted octanol–water partition coefficient (Wildman–Crippen LogP) is 4.65. The zero-order valence-corrected chi connectivity index (χ0v) is 19.2. The molecule has 7 nitrogen and oxygen atoms in total. The van der Waals surface area contributed by atoms with Gasteiger partial charge in [-0.2, -0.15) is 0 Å². The molecule has 1 aliphatic rings. The van der Waals surface area contributed by atoms with Crippen LogP contribution in [0.15, 0.2) is 64.1 Å². The lowest BCUT2D eigenvalue weighted by Gasteiger charge is -2.25. The highest BCUT2D eigenvalue weighted by atomic mass is 16.5. The number of amides is 1. The van der Waals surface area contributed by atoms with Gasteiger partial charge in [-0.1, -0.05) is 18.2 Å². The van der Waals surface area contributed by atoms with Gasteiger partial charge in [0.25, 0.3) is 5.91 Å². The Bertz CT molecular complexity index is 1480. The lowest BCUT2D eigenvalue weighted by atomic mass is 9.97. The van der Waals surface area contributed by atoms with E-state index in [1.165, 1.54) is 6.07 Å². The number of aromatic hydroxyl groups is 1. The quantitative estimate of drug-likeness (QED) is 0.470. The summed E-state index contributed by atoms with van der Waals surface area (Å²) in [5.41, 5.74) is 3.68. The Balaban J connectivity index is 1.76. The van der Waals surface area contributed by atoms with Gasteiger partial charge < -0.3 is 19.2 Å². The molecule has 3 heterocycles. The summed E-state index contributed by atoms with van der Waals surface area (Å²) in [4.78, 5) is 33.2. The van der Waals surface area contributed by atoms with E-state index in [4.69, 9.17) is 9.15 Å². The highest BCUT2D eigenvalue weighted by Crippen LogP contribution is 2.41. The molecule has 1 atom stereocenters. The highest BCUT2D eigenvalue weighted by Gasteiger charge is 2.43. The summed E-state index contributed by atoms with van der Waals surface area (Å²) >= 11 is 0. The smallest absolute Gasteiger partial charge is 0.291 e. The van der Waals surface area contributed by atoms with Crippen LogP contribution >= 0.6 is 0 Å². The number of pyridine rings is 1. The second kappa shape index (κ2) is 8.33. The summed E-state index contributed by atoms with van der Waals surface area (Å²) in [6.45, 7) is 6.21. The minimum atomic E-state index is -0.705. The average molecular weight is 456 g/mol. The first-order chi connectivity index (χ1) is 16.4. The normalized spacial score (nSPS) is 15.1. The second-order valence-electron chi connectivity index (χ2n) is 8.49. The topological polar surface area (TPSA) is 92.9 Å². The Morgan fingerprint density at radius 1 is 1.15 bits per heavy atom. The maximum Gasteiger partial charge on any atom is 0.291 e. The number of benzene rings is 2. The summed E-state index contributed by atoms with van der Waals surface area (Å²) in [6.07, 6.45) is 3.35. The van der Waals surface area contributed by atoms with Crippen molar-refractivity contribution in [3.05, 3.63) is 98.7 Å². The predicted molar refractivity (Wildman–Crippen MR) is 127 cm³/mol. The Morgan fingerprint density at radius 2 is 1.97 bits per heavy atom. The largest absolute Gasteiger partial charge is 0.504 e. The Morgan fingerprint density at radius 3 is 2.71 bits per heavy atom. The van der Waals surface area contributed by atoms with Gasteiger partial charge in [0.2, 0.25) is 5.76 Å². The van der Waals surface area contributed by atoms with Gasteiger partial charge in [-0.3, -0.25) is 14.6 Å². The van der Waals surface area contributed by atoms with Gasteiger partial charge in [0.05, 0.1) is 23.6 Å². The number of rotatable bonds is 5. The first-order valence-corrected chi connectivity index (χ1v) is 11.1. The van der Waals surface area contributed by atoms with Gasteiger partial charge in [0, 0.05) is 18.9 Å². The lowest BCUT2D eigenvalue weighted by molar-refractivity contribution is 0.0714. The number of nitrogens with zero attached hydrogens (tertiary/aromatic N) is 2. The Hall–Kier alpha value is -4.13. The fourth-order valence-corrected chi connectivity index (χ4v) is 4.64. The van der Waals surface area contributed by atoms with Gasteiger partial charge in [-0.15, -0.1) is 0 Å². The summed E-state index contributed by atoms with van der Waals surface area (Å²) in [7, 11) is 0. The van der Waals surface area contributed by atoms with Crippen LogP contribution in [0.1, 0.15) is 51.3 Å². The van der Waals surface area contributed by atoms with Crippen LogP contribution in [-0.4, -0.2) is 27.5 Å². The molecular formula is C27H24N2O5. The number of ether oxygens (including phenoxy) is 1. The van der Waals surface area contributed by atoms with Gasteiger partial charge in [0.1, 0.15) is 5.58 Å². The number of fused-ring (bicyclic) bond motifs is 2. The lowest BCUT2D eigenvalue weighted by Crippen LogP contribution is -2.29. The van der Waals surface area contributed by atoms with Crippen LogP contribution < -0.4 is 10.2 Å². The molecule has 2 aromatic carbocycles. The van der Waals surface area contributed by atoms with E-state index in [2.05, 4.69) is 4.98 Å². The highest BCUT2D eigenvalue weighted by molar-refractivity contribution is 5.99. The molecule has 1 amide bonds. The summed E-state index contributed by atoms with van der Waals surface area (Å²) in [6, 6.07) is 11.6. The standard InChI is InChI=1S/C27H24N2O5/c1-4-33-21-12-18(7-8-20(21)30)23-22-24(31)19-11-15(2)10-16(3)25(19)34-26(22)27(32)29(23)14-17-6-5-9-28-13-17/h5-13,23,30H,4,14H2,1-3H3. The second-order valence-corrected chi connectivity index (χ2v) is 8.49. The van der Waals surface area contributed by atoms with E-state index >= 15 is 0 Å². The molecule has 5 rings (SSSR count). The van der Waals surface area contributed by atoms with Gasteiger partial charge in [-0.05, 0) is 67.3 Å². The number of aryl methyl sites for hydroxylation is 2. The average Bonchev–Trinajstić information content (AvgIpc) is 3.09. The van der Waals surface area contributed by atoms with Gasteiger partial charge in [0.15, 0.2) is 16.9 Å². The molecule has 0 saturated carbocycles. The molecule has 0 radical (unpaired) electrons. The van der Waals surface area contributed by atoms with Crippen molar-refractivity contribution in [3.63, 3.8) is 0 Å². The zero-order valence-electron chi connectivity index (χ0n) is 19.2. The van der Waals surface area contributed by atoms with E-state index in [1.54, 1.807) is 41.6 Å². The molecule has 7 heteroatoms. The van der Waals surface area contributed by atoms with Crippen LogP contribution in [-0.2, 0) is 6.54 Å². The molecule has 1 aliphatic heterocycles. The molecule has 172 valence electrons. The minimum Gasteiger partial charge on any atom is -0.504 e. The molecule has 1 N–H and O–H groups in total. The van der Waals surface area contributed by atoms with E-state index in [-0.39, 0.29) is 29.4 Å². The Labute approximate surface area is 196 Å². The first kappa shape index (κ1) is 21.7. The van der Waals surface area contributed by atoms with Crippen molar-refractivity contribution in [2.24, 2.45) is 0 Å². The van der Waals surface area contributed by atoms with Crippen molar-refractivity contribution in [1.82, 2.24) is 9.88 Å². The third-order valence-corrected chi connectivity index (χ3v) is 6.07. The van der Waals surface area contributed by atoms with Crippen molar-refractivity contribution in [3.8, 4) is 11.5 Å². The number of hydrogen-bond acceptors (Lipinski definition) is 6. The summed E-state index contributed by atoms with van der Waals surface area (Å²) < 4.78 is 11.7. The molecule has 0 fully saturated rings. The summed E-state index contributed by atoms with van der Waals surface area (Å²) in [5.74, 6) is -0.0388. The number of carbonyl (C=O) groups is 1. The van der Waals surface area contributed by atoms with Gasteiger partial charge >= 0.3 is 0 Å². The monoisotopic (exact) mass is 456 g/mol. The third-order valence-electron chi connectivity index (χ3n) is 6.07. The SMILES string of the molecule is CCOc1cc(C2c3c(oc4c(C)cc(C)cc4c3=O)C(=O)N2Cc2cccnc2)ccc1O. The van der Waals surface area contributed by atoms with Crippen molar-refractivity contribution < 1.29 is 19.1 Å². The fraction of sp³-hybridized carbons (Fsp3) is 0.222. The van der Waals surface area contributed by atoms with E-state index in [1.807, 2.05) is 32.9 Å². The fourth-order valence-electron chi connectivity index (χ4n) is 4.64. The van der Waals surface area contributed by atoms with Crippen LogP contribution in [0.3, 0.4) is 0 Å². The maximum atomic E-state index is 13.8. The van der Waals surface area contributed by atoms with E-state index in [0.29, 0.717) is 34.5 Å². The molecular weight excluding hydrogens is 432 g/mol. The van der Waals surface area contributed by atoms with Crippen LogP contribution in [0.2, 0.25) is 0 Å².